The third kappa shape index (κ3) is 4.20. The Kier molecular flexibility index (Phi) is 5.69. The highest BCUT2D eigenvalue weighted by Crippen LogP contribution is 2.27. The van der Waals surface area contributed by atoms with E-state index in [9.17, 15) is 4.79 Å². The molecule has 1 fully saturated rings. The van der Waals surface area contributed by atoms with Gasteiger partial charge in [0.05, 0.1) is 0 Å². The summed E-state index contributed by atoms with van der Waals surface area (Å²) >= 11 is 0. The second-order valence-electron chi connectivity index (χ2n) is 4.44. The van der Waals surface area contributed by atoms with Gasteiger partial charge in [0, 0.05) is 13.2 Å². The van der Waals surface area contributed by atoms with Crippen molar-refractivity contribution in [3.05, 3.63) is 0 Å². The molecule has 0 aromatic heterocycles. The Labute approximate surface area is 92.6 Å². The number of amides is 1. The van der Waals surface area contributed by atoms with E-state index in [1.807, 2.05) is 0 Å². The largest absolute Gasteiger partial charge is 0.375 e. The van der Waals surface area contributed by atoms with E-state index < -0.39 is 0 Å². The molecule has 1 amide bonds. The van der Waals surface area contributed by atoms with Crippen molar-refractivity contribution in [2.45, 2.75) is 51.5 Å². The summed E-state index contributed by atoms with van der Waals surface area (Å²) in [5.41, 5.74) is 0. The minimum atomic E-state index is 0.0329. The Balaban J connectivity index is 2.38. The van der Waals surface area contributed by atoms with Crippen molar-refractivity contribution >= 4 is 5.91 Å². The van der Waals surface area contributed by atoms with Crippen LogP contribution in [-0.2, 0) is 9.53 Å². The summed E-state index contributed by atoms with van der Waals surface area (Å²) in [6, 6.07) is 0.390. The Morgan fingerprint density at radius 3 is 2.80 bits per heavy atom. The lowest BCUT2D eigenvalue weighted by molar-refractivity contribution is -0.126. The van der Waals surface area contributed by atoms with Crippen LogP contribution in [-0.4, -0.2) is 25.7 Å². The summed E-state index contributed by atoms with van der Waals surface area (Å²) in [6.07, 6.45) is 7.42. The fourth-order valence-corrected chi connectivity index (χ4v) is 2.49. The molecule has 15 heavy (non-hydrogen) atoms. The van der Waals surface area contributed by atoms with E-state index in [4.69, 9.17) is 4.74 Å². The zero-order chi connectivity index (χ0) is 11.1. The highest BCUT2D eigenvalue weighted by molar-refractivity contribution is 5.77. The minimum Gasteiger partial charge on any atom is -0.375 e. The molecule has 3 heteroatoms. The molecule has 2 atom stereocenters. The van der Waals surface area contributed by atoms with Crippen LogP contribution in [0.4, 0.5) is 0 Å². The number of methoxy groups -OCH3 is 1. The van der Waals surface area contributed by atoms with E-state index in [0.29, 0.717) is 12.0 Å². The molecular weight excluding hydrogens is 190 g/mol. The first-order chi connectivity index (χ1) is 7.27. The van der Waals surface area contributed by atoms with Crippen LogP contribution in [0.5, 0.6) is 0 Å². The molecule has 1 aliphatic carbocycles. The molecule has 0 unspecified atom stereocenters. The van der Waals surface area contributed by atoms with Gasteiger partial charge in [-0.05, 0) is 25.2 Å². The zero-order valence-corrected chi connectivity index (χ0v) is 9.92. The lowest BCUT2D eigenvalue weighted by Gasteiger charge is -2.32. The summed E-state index contributed by atoms with van der Waals surface area (Å²) in [7, 11) is 1.56. The van der Waals surface area contributed by atoms with Crippen molar-refractivity contribution in [1.82, 2.24) is 5.32 Å². The number of ether oxygens (including phenoxy) is 1. The second kappa shape index (κ2) is 6.83. The molecular formula is C12H23NO2. The van der Waals surface area contributed by atoms with Crippen LogP contribution in [0.25, 0.3) is 0 Å². The van der Waals surface area contributed by atoms with Gasteiger partial charge in [0.15, 0.2) is 0 Å². The maximum Gasteiger partial charge on any atom is 0.246 e. The molecule has 0 radical (unpaired) electrons. The van der Waals surface area contributed by atoms with Gasteiger partial charge >= 0.3 is 0 Å². The second-order valence-corrected chi connectivity index (χ2v) is 4.44. The molecule has 0 bridgehead atoms. The van der Waals surface area contributed by atoms with E-state index in [2.05, 4.69) is 12.2 Å². The average molecular weight is 213 g/mol. The molecule has 1 N–H and O–H groups in total. The van der Waals surface area contributed by atoms with Gasteiger partial charge in [0.25, 0.3) is 0 Å². The van der Waals surface area contributed by atoms with E-state index >= 15 is 0 Å². The lowest BCUT2D eigenvalue weighted by atomic mass is 9.82. The van der Waals surface area contributed by atoms with E-state index in [1.54, 1.807) is 7.11 Å². The number of hydrogen-bond donors (Lipinski definition) is 1. The van der Waals surface area contributed by atoms with Crippen LogP contribution in [0.1, 0.15) is 45.4 Å². The van der Waals surface area contributed by atoms with Crippen molar-refractivity contribution in [2.75, 3.05) is 13.7 Å². The predicted molar refractivity (Wildman–Crippen MR) is 60.7 cm³/mol. The van der Waals surface area contributed by atoms with E-state index in [1.165, 1.54) is 32.1 Å². The highest BCUT2D eigenvalue weighted by atomic mass is 16.5. The van der Waals surface area contributed by atoms with Crippen molar-refractivity contribution in [1.29, 1.82) is 0 Å². The number of carbonyl (C=O) groups is 1. The molecule has 0 spiro atoms. The zero-order valence-electron chi connectivity index (χ0n) is 9.92. The lowest BCUT2D eigenvalue weighted by Crippen LogP contribution is -2.43. The van der Waals surface area contributed by atoms with Crippen molar-refractivity contribution in [2.24, 2.45) is 5.92 Å². The third-order valence-electron chi connectivity index (χ3n) is 3.19. The predicted octanol–water partition coefficient (Wildman–Crippen LogP) is 2.11. The summed E-state index contributed by atoms with van der Waals surface area (Å²) < 4.78 is 4.83. The molecule has 0 heterocycles. The fraction of sp³-hybridized carbons (Fsp3) is 0.917. The van der Waals surface area contributed by atoms with Gasteiger partial charge in [0.2, 0.25) is 5.91 Å². The Morgan fingerprint density at radius 1 is 1.40 bits per heavy atom. The number of nitrogens with one attached hydrogen (secondary N) is 1. The van der Waals surface area contributed by atoms with Gasteiger partial charge in [-0.3, -0.25) is 4.79 Å². The highest BCUT2D eigenvalue weighted by Gasteiger charge is 2.25. The quantitative estimate of drug-likeness (QED) is 0.759. The Morgan fingerprint density at radius 2 is 2.13 bits per heavy atom. The number of hydrogen-bond acceptors (Lipinski definition) is 2. The number of carbonyl (C=O) groups excluding carboxylic acids is 1. The van der Waals surface area contributed by atoms with Crippen LogP contribution in [0, 0.1) is 5.92 Å². The van der Waals surface area contributed by atoms with Gasteiger partial charge in [0.1, 0.15) is 6.61 Å². The van der Waals surface area contributed by atoms with Crippen LogP contribution in [0.2, 0.25) is 0 Å². The van der Waals surface area contributed by atoms with Gasteiger partial charge in [-0.2, -0.15) is 0 Å². The topological polar surface area (TPSA) is 38.3 Å². The van der Waals surface area contributed by atoms with Gasteiger partial charge in [-0.1, -0.05) is 26.2 Å². The summed E-state index contributed by atoms with van der Waals surface area (Å²) in [6.45, 7) is 2.40. The molecule has 0 saturated heterocycles. The fourth-order valence-electron chi connectivity index (χ4n) is 2.49. The molecule has 1 rings (SSSR count). The maximum atomic E-state index is 11.4. The Hall–Kier alpha value is -0.570. The van der Waals surface area contributed by atoms with Crippen LogP contribution in [0.15, 0.2) is 0 Å². The van der Waals surface area contributed by atoms with Crippen molar-refractivity contribution < 1.29 is 9.53 Å². The SMILES string of the molecule is CCC[C@@H]1CCCC[C@H]1NC(=O)COC. The first-order valence-corrected chi connectivity index (χ1v) is 6.06. The van der Waals surface area contributed by atoms with Gasteiger partial charge < -0.3 is 10.1 Å². The smallest absolute Gasteiger partial charge is 0.246 e. The standard InChI is InChI=1S/C12H23NO2/c1-3-6-10-7-4-5-8-11(10)13-12(14)9-15-2/h10-11H,3-9H2,1-2H3,(H,13,14)/t10-,11-/m1/s1. The van der Waals surface area contributed by atoms with Crippen LogP contribution < -0.4 is 5.32 Å². The normalized spacial score (nSPS) is 26.3. The first-order valence-electron chi connectivity index (χ1n) is 6.06. The van der Waals surface area contributed by atoms with E-state index in [0.717, 1.165) is 6.42 Å². The molecule has 0 aliphatic heterocycles. The molecule has 1 saturated carbocycles. The molecule has 3 nitrogen and oxygen atoms in total. The molecule has 88 valence electrons. The monoisotopic (exact) mass is 213 g/mol. The third-order valence-corrected chi connectivity index (χ3v) is 3.19. The maximum absolute atomic E-state index is 11.4. The summed E-state index contributed by atoms with van der Waals surface area (Å²) in [5.74, 6) is 0.718. The van der Waals surface area contributed by atoms with Crippen molar-refractivity contribution in [3.8, 4) is 0 Å². The average Bonchev–Trinajstić information content (AvgIpc) is 2.21. The summed E-state index contributed by atoms with van der Waals surface area (Å²) in [5, 5.41) is 3.09. The van der Waals surface area contributed by atoms with Gasteiger partial charge in [-0.25, -0.2) is 0 Å². The molecule has 1 aliphatic rings. The van der Waals surface area contributed by atoms with Crippen molar-refractivity contribution in [3.63, 3.8) is 0 Å². The molecule has 0 aromatic rings. The molecule has 0 aromatic carbocycles. The van der Waals surface area contributed by atoms with E-state index in [-0.39, 0.29) is 12.5 Å². The summed E-state index contributed by atoms with van der Waals surface area (Å²) in [4.78, 5) is 11.4. The van der Waals surface area contributed by atoms with Crippen LogP contribution in [0.3, 0.4) is 0 Å². The number of rotatable bonds is 5. The Bertz CT molecular complexity index is 192. The van der Waals surface area contributed by atoms with Gasteiger partial charge in [-0.15, -0.1) is 0 Å². The minimum absolute atomic E-state index is 0.0329. The first kappa shape index (κ1) is 12.5. The van der Waals surface area contributed by atoms with Crippen LogP contribution >= 0.6 is 0 Å².